The van der Waals surface area contributed by atoms with Gasteiger partial charge in [-0.1, -0.05) is 57.2 Å². The number of halogens is 1. The first-order valence-electron chi connectivity index (χ1n) is 9.42. The molecule has 5 nitrogen and oxygen atoms in total. The molecular weight excluding hydrogens is 497 g/mol. The zero-order valence-corrected chi connectivity index (χ0v) is 21.0. The molecule has 0 saturated heterocycles. The summed E-state index contributed by atoms with van der Waals surface area (Å²) in [6.45, 7) is 8.00. The fraction of sp³-hybridized carbons (Fsp3) is 0.409. The number of nitrogens with one attached hydrogen (secondary N) is 2. The highest BCUT2D eigenvalue weighted by atomic mass is 127. The van der Waals surface area contributed by atoms with Gasteiger partial charge in [0.1, 0.15) is 0 Å². The molecule has 7 heteroatoms. The average molecular weight is 529 g/mol. The summed E-state index contributed by atoms with van der Waals surface area (Å²) in [6, 6.07) is 15.6. The number of benzene rings is 2. The SMILES string of the molecule is CN=C(NCCc1ccc(C(C)(C)C)cc1)NCc1ccc(S(C)(=O)=O)cc1.I. The van der Waals surface area contributed by atoms with Crippen LogP contribution in [0.2, 0.25) is 0 Å². The summed E-state index contributed by atoms with van der Waals surface area (Å²) in [7, 11) is -1.43. The van der Waals surface area contributed by atoms with Crippen molar-refractivity contribution >= 4 is 39.8 Å². The van der Waals surface area contributed by atoms with Gasteiger partial charge in [0, 0.05) is 26.4 Å². The van der Waals surface area contributed by atoms with Crippen LogP contribution in [0.15, 0.2) is 58.4 Å². The minimum atomic E-state index is -3.16. The number of hydrogen-bond acceptors (Lipinski definition) is 3. The van der Waals surface area contributed by atoms with Crippen molar-refractivity contribution in [1.82, 2.24) is 10.6 Å². The highest BCUT2D eigenvalue weighted by molar-refractivity contribution is 14.0. The molecule has 0 aliphatic rings. The smallest absolute Gasteiger partial charge is 0.191 e. The van der Waals surface area contributed by atoms with E-state index in [1.54, 1.807) is 19.2 Å². The maximum Gasteiger partial charge on any atom is 0.191 e. The third-order valence-electron chi connectivity index (χ3n) is 4.56. The summed E-state index contributed by atoms with van der Waals surface area (Å²) in [4.78, 5) is 4.57. The van der Waals surface area contributed by atoms with Crippen LogP contribution in [0.3, 0.4) is 0 Å². The lowest BCUT2D eigenvalue weighted by atomic mass is 9.86. The number of rotatable bonds is 6. The van der Waals surface area contributed by atoms with Crippen LogP contribution in [0, 0.1) is 0 Å². The summed E-state index contributed by atoms with van der Waals surface area (Å²) < 4.78 is 23.0. The first-order chi connectivity index (χ1) is 13.1. The molecule has 2 aromatic carbocycles. The molecule has 2 rings (SSSR count). The monoisotopic (exact) mass is 529 g/mol. The minimum absolute atomic E-state index is 0. The van der Waals surface area contributed by atoms with Crippen molar-refractivity contribution in [3.05, 3.63) is 65.2 Å². The van der Waals surface area contributed by atoms with Gasteiger partial charge in [-0.25, -0.2) is 8.42 Å². The van der Waals surface area contributed by atoms with E-state index >= 15 is 0 Å². The van der Waals surface area contributed by atoms with Crippen LogP contribution in [0.1, 0.15) is 37.5 Å². The molecule has 0 spiro atoms. The Bertz CT molecular complexity index is 901. The second kappa shape index (κ2) is 11.0. The Balaban J connectivity index is 0.00000420. The third kappa shape index (κ3) is 8.34. The van der Waals surface area contributed by atoms with Crippen LogP contribution in [0.5, 0.6) is 0 Å². The first-order valence-corrected chi connectivity index (χ1v) is 11.3. The minimum Gasteiger partial charge on any atom is -0.356 e. The molecule has 0 aliphatic heterocycles. The van der Waals surface area contributed by atoms with Crippen LogP contribution in [0.25, 0.3) is 0 Å². The van der Waals surface area contributed by atoms with Crippen molar-refractivity contribution in [3.63, 3.8) is 0 Å². The second-order valence-corrected chi connectivity index (χ2v) is 9.98. The van der Waals surface area contributed by atoms with Crippen LogP contribution in [0.4, 0.5) is 0 Å². The van der Waals surface area contributed by atoms with E-state index in [1.807, 2.05) is 12.1 Å². The van der Waals surface area contributed by atoms with E-state index < -0.39 is 9.84 Å². The molecule has 0 heterocycles. The van der Waals surface area contributed by atoms with Crippen molar-refractivity contribution in [2.24, 2.45) is 4.99 Å². The van der Waals surface area contributed by atoms with Crippen molar-refractivity contribution in [3.8, 4) is 0 Å². The molecule has 2 N–H and O–H groups in total. The van der Waals surface area contributed by atoms with Gasteiger partial charge in [0.15, 0.2) is 15.8 Å². The zero-order valence-electron chi connectivity index (χ0n) is 17.8. The van der Waals surface area contributed by atoms with Crippen molar-refractivity contribution in [2.45, 2.75) is 44.0 Å². The van der Waals surface area contributed by atoms with E-state index in [-0.39, 0.29) is 29.4 Å². The van der Waals surface area contributed by atoms with Gasteiger partial charge in [0.05, 0.1) is 4.90 Å². The van der Waals surface area contributed by atoms with Gasteiger partial charge in [-0.2, -0.15) is 0 Å². The topological polar surface area (TPSA) is 70.6 Å². The Hall–Kier alpha value is -1.61. The number of hydrogen-bond donors (Lipinski definition) is 2. The summed E-state index contributed by atoms with van der Waals surface area (Å²) in [6.07, 6.45) is 2.12. The number of guanidine groups is 1. The molecule has 0 fully saturated rings. The summed E-state index contributed by atoms with van der Waals surface area (Å²) in [5.74, 6) is 0.721. The summed E-state index contributed by atoms with van der Waals surface area (Å²) >= 11 is 0. The fourth-order valence-corrected chi connectivity index (χ4v) is 3.39. The van der Waals surface area contributed by atoms with Gasteiger partial charge in [0.2, 0.25) is 0 Å². The maximum absolute atomic E-state index is 11.5. The van der Waals surface area contributed by atoms with Gasteiger partial charge in [0.25, 0.3) is 0 Å². The van der Waals surface area contributed by atoms with Gasteiger partial charge >= 0.3 is 0 Å². The quantitative estimate of drug-likeness (QED) is 0.338. The lowest BCUT2D eigenvalue weighted by molar-refractivity contribution is 0.590. The van der Waals surface area contributed by atoms with Crippen molar-refractivity contribution in [2.75, 3.05) is 19.8 Å². The Labute approximate surface area is 192 Å². The number of sulfone groups is 1. The molecule has 0 bridgehead atoms. The highest BCUT2D eigenvalue weighted by Crippen LogP contribution is 2.22. The molecule has 160 valence electrons. The molecular formula is C22H32IN3O2S. The molecule has 0 amide bonds. The number of aliphatic imine (C=N–C) groups is 1. The van der Waals surface area contributed by atoms with Gasteiger partial charge in [-0.3, -0.25) is 4.99 Å². The third-order valence-corrected chi connectivity index (χ3v) is 5.69. The largest absolute Gasteiger partial charge is 0.356 e. The predicted octanol–water partition coefficient (Wildman–Crippen LogP) is 3.91. The van der Waals surface area contributed by atoms with E-state index in [0.717, 1.165) is 24.5 Å². The molecule has 0 atom stereocenters. The van der Waals surface area contributed by atoms with Crippen LogP contribution in [-0.4, -0.2) is 34.2 Å². The predicted molar refractivity (Wildman–Crippen MR) is 132 cm³/mol. The van der Waals surface area contributed by atoms with E-state index in [9.17, 15) is 8.42 Å². The van der Waals surface area contributed by atoms with E-state index in [2.05, 4.69) is 60.7 Å². The molecule has 0 saturated carbocycles. The van der Waals surface area contributed by atoms with E-state index in [0.29, 0.717) is 11.4 Å². The molecule has 0 radical (unpaired) electrons. The van der Waals surface area contributed by atoms with Crippen molar-refractivity contribution in [1.29, 1.82) is 0 Å². The average Bonchev–Trinajstić information content (AvgIpc) is 2.64. The van der Waals surface area contributed by atoms with E-state index in [4.69, 9.17) is 0 Å². The summed E-state index contributed by atoms with van der Waals surface area (Å²) in [5.41, 5.74) is 3.78. The molecule has 29 heavy (non-hydrogen) atoms. The first kappa shape index (κ1) is 25.4. The molecule has 2 aromatic rings. The lowest BCUT2D eigenvalue weighted by Gasteiger charge is -2.19. The maximum atomic E-state index is 11.5. The highest BCUT2D eigenvalue weighted by Gasteiger charge is 2.12. The molecule has 0 aliphatic carbocycles. The zero-order chi connectivity index (χ0) is 20.8. The Morgan fingerprint density at radius 2 is 1.48 bits per heavy atom. The molecule has 0 aromatic heterocycles. The Morgan fingerprint density at radius 3 is 1.97 bits per heavy atom. The lowest BCUT2D eigenvalue weighted by Crippen LogP contribution is -2.37. The van der Waals surface area contributed by atoms with Gasteiger partial charge in [-0.05, 0) is 40.7 Å². The van der Waals surface area contributed by atoms with E-state index in [1.165, 1.54) is 17.4 Å². The van der Waals surface area contributed by atoms with Gasteiger partial charge < -0.3 is 10.6 Å². The van der Waals surface area contributed by atoms with Gasteiger partial charge in [-0.15, -0.1) is 24.0 Å². The summed E-state index contributed by atoms with van der Waals surface area (Å²) in [5, 5.41) is 6.56. The number of nitrogens with zero attached hydrogens (tertiary/aromatic N) is 1. The fourth-order valence-electron chi connectivity index (χ4n) is 2.76. The Morgan fingerprint density at radius 1 is 0.931 bits per heavy atom. The Kier molecular flexibility index (Phi) is 9.61. The van der Waals surface area contributed by atoms with Crippen molar-refractivity contribution < 1.29 is 8.42 Å². The van der Waals surface area contributed by atoms with Crippen LogP contribution in [-0.2, 0) is 28.2 Å². The second-order valence-electron chi connectivity index (χ2n) is 7.97. The van der Waals surface area contributed by atoms with Crippen LogP contribution < -0.4 is 10.6 Å². The van der Waals surface area contributed by atoms with Crippen LogP contribution >= 0.6 is 24.0 Å². The normalized spacial score (nSPS) is 12.2. The standard InChI is InChI=1S/C22H31N3O2S.HI/c1-22(2,3)19-10-6-17(7-11-19)14-15-24-21(23-4)25-16-18-8-12-20(13-9-18)28(5,26)27;/h6-13H,14-16H2,1-5H3,(H2,23,24,25);1H. The molecule has 0 unspecified atom stereocenters.